The summed E-state index contributed by atoms with van der Waals surface area (Å²) in [5.74, 6) is 0.202. The van der Waals surface area contributed by atoms with Crippen LogP contribution < -0.4 is 10.9 Å². The Bertz CT molecular complexity index is 869. The second-order valence-corrected chi connectivity index (χ2v) is 5.76. The van der Waals surface area contributed by atoms with Crippen molar-refractivity contribution < 1.29 is 9.32 Å². The molecule has 1 saturated carbocycles. The van der Waals surface area contributed by atoms with Crippen LogP contribution in [-0.4, -0.2) is 16.0 Å². The Balaban J connectivity index is 1.66. The maximum absolute atomic E-state index is 12.6. The summed E-state index contributed by atoms with van der Waals surface area (Å²) < 4.78 is 5.26. The lowest BCUT2D eigenvalue weighted by Gasteiger charge is -2.10. The highest BCUT2D eigenvalue weighted by atomic mass is 16.5. The van der Waals surface area contributed by atoms with Crippen LogP contribution in [0, 0.1) is 6.92 Å². The Labute approximate surface area is 132 Å². The Morgan fingerprint density at radius 3 is 2.78 bits per heavy atom. The van der Waals surface area contributed by atoms with Gasteiger partial charge < -0.3 is 4.52 Å². The molecule has 2 aromatic heterocycles. The summed E-state index contributed by atoms with van der Waals surface area (Å²) in [5, 5.41) is 4.61. The van der Waals surface area contributed by atoms with Crippen molar-refractivity contribution in [3.05, 3.63) is 53.3 Å². The molecular weight excluding hydrogens is 292 g/mol. The molecule has 2 heterocycles. The minimum absolute atomic E-state index is 0.227. The number of amides is 1. The van der Waals surface area contributed by atoms with E-state index in [1.165, 1.54) is 0 Å². The third-order valence-electron chi connectivity index (χ3n) is 3.97. The fourth-order valence-electron chi connectivity index (χ4n) is 2.60. The molecule has 6 heteroatoms. The molecule has 1 aliphatic carbocycles. The quantitative estimate of drug-likeness (QED) is 0.724. The zero-order chi connectivity index (χ0) is 15.8. The summed E-state index contributed by atoms with van der Waals surface area (Å²) in [5.41, 5.74) is 8.99. The zero-order valence-corrected chi connectivity index (χ0v) is 12.7. The van der Waals surface area contributed by atoms with Gasteiger partial charge in [0.25, 0.3) is 11.6 Å². The maximum atomic E-state index is 12.6. The smallest absolute Gasteiger partial charge is 0.270 e. The molecule has 4 rings (SSSR count). The van der Waals surface area contributed by atoms with Gasteiger partial charge in [-0.2, -0.15) is 0 Å². The number of hydrogen-bond donors (Lipinski definition) is 2. The number of anilines is 1. The van der Waals surface area contributed by atoms with Crippen LogP contribution in [0.3, 0.4) is 0 Å². The molecule has 3 aromatic rings. The van der Waals surface area contributed by atoms with Crippen LogP contribution in [0.25, 0.3) is 11.1 Å². The van der Waals surface area contributed by atoms with Crippen LogP contribution in [0.5, 0.6) is 0 Å². The van der Waals surface area contributed by atoms with Gasteiger partial charge >= 0.3 is 0 Å². The first kappa shape index (κ1) is 13.8. The molecule has 0 spiro atoms. The monoisotopic (exact) mass is 308 g/mol. The molecule has 1 amide bonds. The van der Waals surface area contributed by atoms with E-state index in [2.05, 4.69) is 21.0 Å². The maximum Gasteiger partial charge on any atom is 0.270 e. The van der Waals surface area contributed by atoms with E-state index in [1.807, 2.05) is 43.3 Å². The predicted molar refractivity (Wildman–Crippen MR) is 86.0 cm³/mol. The van der Waals surface area contributed by atoms with Gasteiger partial charge in [0, 0.05) is 11.6 Å². The number of nitrogens with zero attached hydrogens (tertiary/aromatic N) is 2. The minimum Gasteiger partial charge on any atom is -0.336 e. The number of para-hydroxylation sites is 1. The van der Waals surface area contributed by atoms with Crippen LogP contribution in [0.15, 0.2) is 40.9 Å². The van der Waals surface area contributed by atoms with Crippen molar-refractivity contribution in [3.63, 3.8) is 0 Å². The zero-order valence-electron chi connectivity index (χ0n) is 12.7. The summed E-state index contributed by atoms with van der Waals surface area (Å²) in [6.07, 6.45) is 2.21. The molecule has 0 unspecified atom stereocenters. The van der Waals surface area contributed by atoms with Crippen molar-refractivity contribution in [2.75, 3.05) is 5.43 Å². The highest BCUT2D eigenvalue weighted by Crippen LogP contribution is 2.40. The predicted octanol–water partition coefficient (Wildman–Crippen LogP) is 3.17. The average molecular weight is 308 g/mol. The lowest BCUT2D eigenvalue weighted by Crippen LogP contribution is -2.29. The molecule has 0 saturated heterocycles. The van der Waals surface area contributed by atoms with Gasteiger partial charge in [-0.1, -0.05) is 23.4 Å². The first-order chi connectivity index (χ1) is 11.2. The van der Waals surface area contributed by atoms with Crippen molar-refractivity contribution in [1.82, 2.24) is 15.6 Å². The van der Waals surface area contributed by atoms with Crippen molar-refractivity contribution in [1.29, 1.82) is 0 Å². The highest BCUT2D eigenvalue weighted by Gasteiger charge is 2.28. The Kier molecular flexibility index (Phi) is 3.22. The SMILES string of the molecule is Cc1noc2nc(C3CC3)cc(C(=O)NNc3ccccc3)c12. The topological polar surface area (TPSA) is 80.0 Å². The average Bonchev–Trinajstić information content (AvgIpc) is 3.37. The van der Waals surface area contributed by atoms with Gasteiger partial charge in [-0.3, -0.25) is 15.6 Å². The van der Waals surface area contributed by atoms with Crippen molar-refractivity contribution in [3.8, 4) is 0 Å². The molecule has 116 valence electrons. The Morgan fingerprint density at radius 1 is 1.26 bits per heavy atom. The van der Waals surface area contributed by atoms with Crippen LogP contribution in [-0.2, 0) is 0 Å². The number of hydrazine groups is 1. The summed E-state index contributed by atoms with van der Waals surface area (Å²) in [4.78, 5) is 17.1. The van der Waals surface area contributed by atoms with Gasteiger partial charge in [0.15, 0.2) is 0 Å². The Morgan fingerprint density at radius 2 is 2.04 bits per heavy atom. The molecule has 1 aliphatic rings. The number of rotatable bonds is 4. The lowest BCUT2D eigenvalue weighted by atomic mass is 10.1. The van der Waals surface area contributed by atoms with Gasteiger partial charge in [-0.25, -0.2) is 4.98 Å². The number of nitrogens with one attached hydrogen (secondary N) is 2. The molecule has 0 radical (unpaired) electrons. The third kappa shape index (κ3) is 2.63. The van der Waals surface area contributed by atoms with Crippen LogP contribution in [0.2, 0.25) is 0 Å². The van der Waals surface area contributed by atoms with Crippen LogP contribution in [0.4, 0.5) is 5.69 Å². The number of carbonyl (C=O) groups is 1. The number of benzene rings is 1. The fraction of sp³-hybridized carbons (Fsp3) is 0.235. The molecule has 1 fully saturated rings. The van der Waals surface area contributed by atoms with E-state index < -0.39 is 0 Å². The Hall–Kier alpha value is -2.89. The standard InChI is InChI=1S/C17H16N4O2/c1-10-15-13(16(22)20-19-12-5-3-2-4-6-12)9-14(11-7-8-11)18-17(15)23-21-10/h2-6,9,11,19H,7-8H2,1H3,(H,20,22). The van der Waals surface area contributed by atoms with Gasteiger partial charge in [0.05, 0.1) is 22.3 Å². The summed E-state index contributed by atoms with van der Waals surface area (Å²) in [7, 11) is 0. The van der Waals surface area contributed by atoms with Crippen LogP contribution in [0.1, 0.15) is 40.5 Å². The summed E-state index contributed by atoms with van der Waals surface area (Å²) in [6, 6.07) is 11.3. The molecule has 23 heavy (non-hydrogen) atoms. The minimum atomic E-state index is -0.227. The van der Waals surface area contributed by atoms with Gasteiger partial charge in [-0.15, -0.1) is 0 Å². The van der Waals surface area contributed by atoms with Gasteiger partial charge in [-0.05, 0) is 38.0 Å². The number of aryl methyl sites for hydroxylation is 1. The van der Waals surface area contributed by atoms with E-state index in [0.717, 1.165) is 24.2 Å². The molecular formula is C17H16N4O2. The fourth-order valence-corrected chi connectivity index (χ4v) is 2.60. The van der Waals surface area contributed by atoms with E-state index in [4.69, 9.17) is 4.52 Å². The number of fused-ring (bicyclic) bond motifs is 1. The molecule has 0 atom stereocenters. The van der Waals surface area contributed by atoms with E-state index in [9.17, 15) is 4.79 Å². The highest BCUT2D eigenvalue weighted by molar-refractivity contribution is 6.06. The molecule has 6 nitrogen and oxygen atoms in total. The van der Waals surface area contributed by atoms with Gasteiger partial charge in [0.2, 0.25) is 0 Å². The first-order valence-electron chi connectivity index (χ1n) is 7.60. The largest absolute Gasteiger partial charge is 0.336 e. The second kappa shape index (κ2) is 5.39. The molecule has 0 bridgehead atoms. The number of aromatic nitrogens is 2. The lowest BCUT2D eigenvalue weighted by molar-refractivity contribution is 0.0964. The number of hydrogen-bond acceptors (Lipinski definition) is 5. The summed E-state index contributed by atoms with van der Waals surface area (Å²) in [6.45, 7) is 1.81. The van der Waals surface area contributed by atoms with Crippen molar-refractivity contribution in [2.24, 2.45) is 0 Å². The van der Waals surface area contributed by atoms with E-state index in [1.54, 1.807) is 0 Å². The normalized spacial score (nSPS) is 14.0. The van der Waals surface area contributed by atoms with E-state index in [0.29, 0.717) is 28.3 Å². The number of pyridine rings is 1. The van der Waals surface area contributed by atoms with Gasteiger partial charge in [0.1, 0.15) is 0 Å². The van der Waals surface area contributed by atoms with Crippen molar-refractivity contribution in [2.45, 2.75) is 25.7 Å². The molecule has 1 aromatic carbocycles. The van der Waals surface area contributed by atoms with E-state index >= 15 is 0 Å². The summed E-state index contributed by atoms with van der Waals surface area (Å²) >= 11 is 0. The van der Waals surface area contributed by atoms with E-state index in [-0.39, 0.29) is 5.91 Å². The molecule has 2 N–H and O–H groups in total. The second-order valence-electron chi connectivity index (χ2n) is 5.76. The third-order valence-corrected chi connectivity index (χ3v) is 3.97. The number of carbonyl (C=O) groups excluding carboxylic acids is 1. The molecule has 0 aliphatic heterocycles. The van der Waals surface area contributed by atoms with Crippen LogP contribution >= 0.6 is 0 Å². The first-order valence-corrected chi connectivity index (χ1v) is 7.60. The van der Waals surface area contributed by atoms with Crippen molar-refractivity contribution >= 4 is 22.7 Å².